The molecule has 31 heavy (non-hydrogen) atoms. The van der Waals surface area contributed by atoms with Crippen molar-refractivity contribution in [3.8, 4) is 11.5 Å². The summed E-state index contributed by atoms with van der Waals surface area (Å²) >= 11 is 0. The topological polar surface area (TPSA) is 84.9 Å². The van der Waals surface area contributed by atoms with Crippen LogP contribution < -0.4 is 14.8 Å². The smallest absolute Gasteiger partial charge is 0.251 e. The Morgan fingerprint density at radius 3 is 2.39 bits per heavy atom. The standard InChI is InChI=1S/C23H30N2O5S/c1-3-29-22-12-7-19(17-18(22)2)23(26)24-13-16-30-20-8-10-21(11-9-20)31(27,28)25-14-5-4-6-15-25/h7-12,17H,3-6,13-16H2,1-2H3,(H,24,26). The summed E-state index contributed by atoms with van der Waals surface area (Å²) in [6.45, 7) is 6.16. The highest BCUT2D eigenvalue weighted by Crippen LogP contribution is 2.23. The van der Waals surface area contributed by atoms with Gasteiger partial charge < -0.3 is 14.8 Å². The number of nitrogens with zero attached hydrogens (tertiary/aromatic N) is 1. The summed E-state index contributed by atoms with van der Waals surface area (Å²) in [5.74, 6) is 1.15. The molecule has 168 valence electrons. The fourth-order valence-corrected chi connectivity index (χ4v) is 5.02. The highest BCUT2D eigenvalue weighted by atomic mass is 32.2. The third kappa shape index (κ3) is 5.98. The van der Waals surface area contributed by atoms with Crippen LogP contribution in [0.3, 0.4) is 0 Å². The lowest BCUT2D eigenvalue weighted by Gasteiger charge is -2.25. The normalized spacial score (nSPS) is 14.8. The Kier molecular flexibility index (Phi) is 7.92. The van der Waals surface area contributed by atoms with Gasteiger partial charge in [0, 0.05) is 18.7 Å². The van der Waals surface area contributed by atoms with Crippen molar-refractivity contribution >= 4 is 15.9 Å². The van der Waals surface area contributed by atoms with Crippen LogP contribution >= 0.6 is 0 Å². The Morgan fingerprint density at radius 2 is 1.74 bits per heavy atom. The minimum Gasteiger partial charge on any atom is -0.494 e. The summed E-state index contributed by atoms with van der Waals surface area (Å²) in [6, 6.07) is 11.8. The van der Waals surface area contributed by atoms with Gasteiger partial charge in [0.1, 0.15) is 18.1 Å². The van der Waals surface area contributed by atoms with Crippen molar-refractivity contribution in [2.75, 3.05) is 32.8 Å². The maximum absolute atomic E-state index is 12.7. The van der Waals surface area contributed by atoms with E-state index in [1.54, 1.807) is 46.8 Å². The van der Waals surface area contributed by atoms with Crippen molar-refractivity contribution in [1.29, 1.82) is 0 Å². The summed E-state index contributed by atoms with van der Waals surface area (Å²) < 4.78 is 38.0. The number of ether oxygens (including phenoxy) is 2. The molecule has 0 unspecified atom stereocenters. The van der Waals surface area contributed by atoms with Gasteiger partial charge in [-0.1, -0.05) is 6.42 Å². The SMILES string of the molecule is CCOc1ccc(C(=O)NCCOc2ccc(S(=O)(=O)N3CCCCC3)cc2)cc1C. The van der Waals surface area contributed by atoms with Crippen LogP contribution in [0.4, 0.5) is 0 Å². The van der Waals surface area contributed by atoms with Crippen LogP contribution in [0.1, 0.15) is 42.1 Å². The van der Waals surface area contributed by atoms with Gasteiger partial charge in [-0.25, -0.2) is 8.42 Å². The van der Waals surface area contributed by atoms with E-state index in [1.165, 1.54) is 0 Å². The van der Waals surface area contributed by atoms with E-state index >= 15 is 0 Å². The predicted molar refractivity (Wildman–Crippen MR) is 119 cm³/mol. The van der Waals surface area contributed by atoms with Gasteiger partial charge in [-0.15, -0.1) is 0 Å². The second kappa shape index (κ2) is 10.6. The number of carbonyl (C=O) groups excluding carboxylic acids is 1. The molecule has 0 radical (unpaired) electrons. The van der Waals surface area contributed by atoms with E-state index in [0.29, 0.717) is 37.6 Å². The summed E-state index contributed by atoms with van der Waals surface area (Å²) in [4.78, 5) is 12.6. The van der Waals surface area contributed by atoms with Gasteiger partial charge in [0.2, 0.25) is 10.0 Å². The van der Waals surface area contributed by atoms with Crippen molar-refractivity contribution in [3.05, 3.63) is 53.6 Å². The summed E-state index contributed by atoms with van der Waals surface area (Å²) in [6.07, 6.45) is 2.89. The van der Waals surface area contributed by atoms with Crippen molar-refractivity contribution in [3.63, 3.8) is 0 Å². The second-order valence-corrected chi connectivity index (χ2v) is 9.39. The first-order valence-electron chi connectivity index (χ1n) is 10.7. The minimum atomic E-state index is -3.44. The maximum Gasteiger partial charge on any atom is 0.251 e. The number of benzene rings is 2. The zero-order valence-electron chi connectivity index (χ0n) is 18.1. The first kappa shape index (κ1) is 23.1. The molecule has 7 nitrogen and oxygen atoms in total. The minimum absolute atomic E-state index is 0.183. The van der Waals surface area contributed by atoms with Crippen LogP contribution in [0.5, 0.6) is 11.5 Å². The molecular formula is C23H30N2O5S. The molecule has 1 fully saturated rings. The average Bonchev–Trinajstić information content (AvgIpc) is 2.79. The number of hydrogen-bond donors (Lipinski definition) is 1. The van der Waals surface area contributed by atoms with Gasteiger partial charge in [-0.2, -0.15) is 4.31 Å². The number of hydrogen-bond acceptors (Lipinski definition) is 5. The van der Waals surface area contributed by atoms with Crippen molar-refractivity contribution in [2.24, 2.45) is 0 Å². The molecule has 0 aromatic heterocycles. The van der Waals surface area contributed by atoms with Crippen molar-refractivity contribution < 1.29 is 22.7 Å². The van der Waals surface area contributed by atoms with Gasteiger partial charge >= 0.3 is 0 Å². The van der Waals surface area contributed by atoms with Crippen LogP contribution in [0.2, 0.25) is 0 Å². The van der Waals surface area contributed by atoms with Gasteiger partial charge in [0.05, 0.1) is 18.0 Å². The maximum atomic E-state index is 12.7. The number of carbonyl (C=O) groups is 1. The van der Waals surface area contributed by atoms with E-state index in [1.807, 2.05) is 13.8 Å². The molecule has 1 aliphatic heterocycles. The lowest BCUT2D eigenvalue weighted by molar-refractivity contribution is 0.0947. The Balaban J connectivity index is 1.47. The first-order chi connectivity index (χ1) is 14.9. The first-order valence-corrected chi connectivity index (χ1v) is 12.1. The molecule has 1 aliphatic rings. The molecule has 3 rings (SSSR count). The largest absolute Gasteiger partial charge is 0.494 e. The summed E-state index contributed by atoms with van der Waals surface area (Å²) in [5.41, 5.74) is 1.47. The van der Waals surface area contributed by atoms with Crippen LogP contribution in [-0.4, -0.2) is 51.5 Å². The highest BCUT2D eigenvalue weighted by Gasteiger charge is 2.25. The second-order valence-electron chi connectivity index (χ2n) is 7.45. The zero-order chi connectivity index (χ0) is 22.3. The molecule has 1 saturated heterocycles. The molecule has 8 heteroatoms. The third-order valence-electron chi connectivity index (χ3n) is 5.17. The van der Waals surface area contributed by atoms with E-state index < -0.39 is 10.0 Å². The lowest BCUT2D eigenvalue weighted by Crippen LogP contribution is -2.35. The number of aryl methyl sites for hydroxylation is 1. The van der Waals surface area contributed by atoms with Gasteiger partial charge in [0.25, 0.3) is 5.91 Å². The molecule has 0 bridgehead atoms. The molecule has 1 heterocycles. The number of rotatable bonds is 9. The fraction of sp³-hybridized carbons (Fsp3) is 0.435. The van der Waals surface area contributed by atoms with Crippen LogP contribution in [0.25, 0.3) is 0 Å². The average molecular weight is 447 g/mol. The molecule has 0 atom stereocenters. The van der Waals surface area contributed by atoms with Crippen molar-refractivity contribution in [2.45, 2.75) is 38.0 Å². The monoisotopic (exact) mass is 446 g/mol. The molecule has 0 saturated carbocycles. The molecule has 1 N–H and O–H groups in total. The number of sulfonamides is 1. The predicted octanol–water partition coefficient (Wildman–Crippen LogP) is 3.38. The van der Waals surface area contributed by atoms with Crippen molar-refractivity contribution in [1.82, 2.24) is 9.62 Å². The molecule has 1 amide bonds. The van der Waals surface area contributed by atoms with Crippen LogP contribution in [-0.2, 0) is 10.0 Å². The van der Waals surface area contributed by atoms with E-state index in [4.69, 9.17) is 9.47 Å². The Hall–Kier alpha value is -2.58. The molecule has 2 aromatic rings. The van der Waals surface area contributed by atoms with E-state index in [9.17, 15) is 13.2 Å². The van der Waals surface area contributed by atoms with Crippen LogP contribution in [0, 0.1) is 6.92 Å². The number of amides is 1. The number of nitrogens with one attached hydrogen (secondary N) is 1. The quantitative estimate of drug-likeness (QED) is 0.597. The van der Waals surface area contributed by atoms with Gasteiger partial charge in [-0.05, 0) is 74.7 Å². The molecule has 0 aliphatic carbocycles. The zero-order valence-corrected chi connectivity index (χ0v) is 18.9. The third-order valence-corrected chi connectivity index (χ3v) is 7.08. The Morgan fingerprint density at radius 1 is 1.03 bits per heavy atom. The Labute approximate surface area is 184 Å². The summed E-state index contributed by atoms with van der Waals surface area (Å²) in [7, 11) is -3.44. The fourth-order valence-electron chi connectivity index (χ4n) is 3.51. The van der Waals surface area contributed by atoms with Gasteiger partial charge in [0.15, 0.2) is 0 Å². The molecule has 2 aromatic carbocycles. The Bertz CT molecular complexity index is 984. The van der Waals surface area contributed by atoms with E-state index in [2.05, 4.69) is 5.32 Å². The lowest BCUT2D eigenvalue weighted by atomic mass is 10.1. The van der Waals surface area contributed by atoms with E-state index in [-0.39, 0.29) is 17.4 Å². The highest BCUT2D eigenvalue weighted by molar-refractivity contribution is 7.89. The molecular weight excluding hydrogens is 416 g/mol. The summed E-state index contributed by atoms with van der Waals surface area (Å²) in [5, 5.41) is 2.82. The van der Waals surface area contributed by atoms with Crippen LogP contribution in [0.15, 0.2) is 47.4 Å². The molecule has 0 spiro atoms. The van der Waals surface area contributed by atoms with E-state index in [0.717, 1.165) is 30.6 Å². The number of piperidine rings is 1. The van der Waals surface area contributed by atoms with Gasteiger partial charge in [-0.3, -0.25) is 4.79 Å².